The van der Waals surface area contributed by atoms with E-state index in [-0.39, 0.29) is 10.0 Å². The van der Waals surface area contributed by atoms with Crippen molar-refractivity contribution in [3.8, 4) is 10.9 Å². The maximum Gasteiger partial charge on any atom is 0.351 e. The second-order valence-corrected chi connectivity index (χ2v) is 5.40. The number of aromatic nitrogens is 1. The molecule has 0 saturated heterocycles. The van der Waals surface area contributed by atoms with E-state index in [1.807, 2.05) is 37.2 Å². The van der Waals surface area contributed by atoms with Crippen LogP contribution in [0.1, 0.15) is 9.67 Å². The van der Waals surface area contributed by atoms with E-state index >= 15 is 0 Å². The Morgan fingerprint density at radius 2 is 2.15 bits per heavy atom. The topological polar surface area (TPSA) is 51.7 Å². The smallest absolute Gasteiger partial charge is 0.351 e. The summed E-state index contributed by atoms with van der Waals surface area (Å²) in [5.41, 5.74) is 0.998. The molecule has 0 aliphatic rings. The zero-order valence-corrected chi connectivity index (χ0v) is 12.8. The van der Waals surface area contributed by atoms with Crippen molar-refractivity contribution in [2.45, 2.75) is 0 Å². The summed E-state index contributed by atoms with van der Waals surface area (Å²) in [6, 6.07) is 7.51. The lowest BCUT2D eigenvalue weighted by atomic mass is 10.3. The average Bonchev–Trinajstić information content (AvgIpc) is 2.79. The molecule has 7 heteroatoms. The molecule has 0 amide bonds. The number of anilines is 1. The Morgan fingerprint density at radius 3 is 2.80 bits per heavy atom. The van der Waals surface area contributed by atoms with E-state index in [0.717, 1.165) is 17.0 Å². The standard InChI is InChI=1S/C13H13ClN2O3S/c1-16(2)8-5-4-6-9(7-8)19-13-15-11(14)10(20-13)12(17)18-3/h4-7H,1-3H3. The normalized spacial score (nSPS) is 10.2. The van der Waals surface area contributed by atoms with Gasteiger partial charge in [0.15, 0.2) is 10.0 Å². The third-order valence-electron chi connectivity index (χ3n) is 2.48. The van der Waals surface area contributed by atoms with E-state index < -0.39 is 5.97 Å². The van der Waals surface area contributed by atoms with Crippen molar-refractivity contribution < 1.29 is 14.3 Å². The third kappa shape index (κ3) is 3.20. The molecule has 0 radical (unpaired) electrons. The lowest BCUT2D eigenvalue weighted by Gasteiger charge is -2.13. The molecule has 0 spiro atoms. The molecule has 2 rings (SSSR count). The van der Waals surface area contributed by atoms with Crippen LogP contribution in [0.5, 0.6) is 10.9 Å². The highest BCUT2D eigenvalue weighted by atomic mass is 35.5. The fourth-order valence-corrected chi connectivity index (χ4v) is 2.54. The molecule has 0 aliphatic carbocycles. The summed E-state index contributed by atoms with van der Waals surface area (Å²) in [6.45, 7) is 0. The number of rotatable bonds is 4. The van der Waals surface area contributed by atoms with Crippen LogP contribution in [0.25, 0.3) is 0 Å². The number of thiazole rings is 1. The maximum atomic E-state index is 11.4. The summed E-state index contributed by atoms with van der Waals surface area (Å²) in [7, 11) is 5.17. The first-order valence-corrected chi connectivity index (χ1v) is 6.90. The molecule has 0 saturated carbocycles. The lowest BCUT2D eigenvalue weighted by Crippen LogP contribution is -2.08. The molecule has 20 heavy (non-hydrogen) atoms. The first-order valence-electron chi connectivity index (χ1n) is 5.71. The van der Waals surface area contributed by atoms with Crippen LogP contribution in [0.4, 0.5) is 5.69 Å². The lowest BCUT2D eigenvalue weighted by molar-refractivity contribution is 0.0606. The van der Waals surface area contributed by atoms with E-state index in [4.69, 9.17) is 16.3 Å². The van der Waals surface area contributed by atoms with E-state index in [1.165, 1.54) is 7.11 Å². The average molecular weight is 313 g/mol. The van der Waals surface area contributed by atoms with Crippen molar-refractivity contribution in [1.82, 2.24) is 4.98 Å². The van der Waals surface area contributed by atoms with E-state index in [9.17, 15) is 4.79 Å². The van der Waals surface area contributed by atoms with Crippen molar-refractivity contribution >= 4 is 34.6 Å². The summed E-state index contributed by atoms with van der Waals surface area (Å²) in [5, 5.41) is 0.381. The number of carbonyl (C=O) groups excluding carboxylic acids is 1. The molecule has 1 heterocycles. The van der Waals surface area contributed by atoms with Crippen LogP contribution in [0, 0.1) is 0 Å². The molecular weight excluding hydrogens is 300 g/mol. The predicted molar refractivity (Wildman–Crippen MR) is 79.3 cm³/mol. The fraction of sp³-hybridized carbons (Fsp3) is 0.231. The number of hydrogen-bond donors (Lipinski definition) is 0. The number of benzene rings is 1. The third-order valence-corrected chi connectivity index (χ3v) is 3.78. The second kappa shape index (κ2) is 6.11. The number of nitrogens with zero attached hydrogens (tertiary/aromatic N) is 2. The van der Waals surface area contributed by atoms with Crippen LogP contribution in [0.2, 0.25) is 5.15 Å². The Bertz CT molecular complexity index is 628. The quantitative estimate of drug-likeness (QED) is 0.809. The SMILES string of the molecule is COC(=O)c1sc(Oc2cccc(N(C)C)c2)nc1Cl. The zero-order chi connectivity index (χ0) is 14.7. The summed E-state index contributed by atoms with van der Waals surface area (Å²) < 4.78 is 10.2. The summed E-state index contributed by atoms with van der Waals surface area (Å²) in [4.78, 5) is 17.6. The summed E-state index contributed by atoms with van der Waals surface area (Å²) in [6.07, 6.45) is 0. The maximum absolute atomic E-state index is 11.4. The molecular formula is C13H13ClN2O3S. The van der Waals surface area contributed by atoms with Gasteiger partial charge in [0, 0.05) is 25.8 Å². The van der Waals surface area contributed by atoms with E-state index in [1.54, 1.807) is 6.07 Å². The van der Waals surface area contributed by atoms with Crippen molar-refractivity contribution in [2.75, 3.05) is 26.1 Å². The Hall–Kier alpha value is -1.79. The predicted octanol–water partition coefficient (Wildman–Crippen LogP) is 3.44. The van der Waals surface area contributed by atoms with Gasteiger partial charge in [-0.3, -0.25) is 0 Å². The minimum atomic E-state index is -0.524. The first kappa shape index (κ1) is 14.6. The van der Waals surface area contributed by atoms with Crippen molar-refractivity contribution in [3.63, 3.8) is 0 Å². The number of methoxy groups -OCH3 is 1. The van der Waals surface area contributed by atoms with Crippen LogP contribution in [0.3, 0.4) is 0 Å². The second-order valence-electron chi connectivity index (χ2n) is 4.09. The largest absolute Gasteiger partial charge is 0.465 e. The molecule has 1 aromatic carbocycles. The molecule has 0 fully saturated rings. The number of hydrogen-bond acceptors (Lipinski definition) is 6. The highest BCUT2D eigenvalue weighted by Gasteiger charge is 2.18. The summed E-state index contributed by atoms with van der Waals surface area (Å²) >= 11 is 6.92. The molecule has 1 aromatic heterocycles. The summed E-state index contributed by atoms with van der Waals surface area (Å²) in [5.74, 6) is 0.0995. The molecule has 0 aliphatic heterocycles. The number of ether oxygens (including phenoxy) is 2. The molecule has 0 N–H and O–H groups in total. The number of esters is 1. The van der Waals surface area contributed by atoms with Crippen LogP contribution in [-0.2, 0) is 4.74 Å². The van der Waals surface area contributed by atoms with Gasteiger partial charge in [-0.2, -0.15) is 4.98 Å². The van der Waals surface area contributed by atoms with E-state index in [2.05, 4.69) is 9.72 Å². The Labute approximate surface area is 125 Å². The van der Waals surface area contributed by atoms with Gasteiger partial charge in [0.05, 0.1) is 7.11 Å². The zero-order valence-electron chi connectivity index (χ0n) is 11.2. The van der Waals surface area contributed by atoms with Gasteiger partial charge < -0.3 is 14.4 Å². The first-order chi connectivity index (χ1) is 9.51. The Morgan fingerprint density at radius 1 is 1.40 bits per heavy atom. The van der Waals surface area contributed by atoms with Crippen LogP contribution in [-0.4, -0.2) is 32.2 Å². The molecule has 0 bridgehead atoms. The van der Waals surface area contributed by atoms with Gasteiger partial charge in [0.25, 0.3) is 5.19 Å². The van der Waals surface area contributed by atoms with E-state index in [0.29, 0.717) is 10.9 Å². The number of carbonyl (C=O) groups is 1. The van der Waals surface area contributed by atoms with Gasteiger partial charge in [-0.1, -0.05) is 29.0 Å². The Kier molecular flexibility index (Phi) is 4.46. The minimum Gasteiger partial charge on any atom is -0.465 e. The highest BCUT2D eigenvalue weighted by Crippen LogP contribution is 2.33. The highest BCUT2D eigenvalue weighted by molar-refractivity contribution is 7.15. The number of halogens is 1. The molecule has 106 valence electrons. The fourth-order valence-electron chi connectivity index (χ4n) is 1.47. The molecule has 0 atom stereocenters. The van der Waals surface area contributed by atoms with Crippen LogP contribution in [0.15, 0.2) is 24.3 Å². The molecule has 5 nitrogen and oxygen atoms in total. The van der Waals surface area contributed by atoms with Gasteiger partial charge in [0.2, 0.25) is 0 Å². The molecule has 2 aromatic rings. The van der Waals surface area contributed by atoms with Crippen molar-refractivity contribution in [1.29, 1.82) is 0 Å². The molecule has 0 unspecified atom stereocenters. The van der Waals surface area contributed by atoms with Crippen LogP contribution >= 0.6 is 22.9 Å². The van der Waals surface area contributed by atoms with Crippen molar-refractivity contribution in [3.05, 3.63) is 34.3 Å². The van der Waals surface area contributed by atoms with Gasteiger partial charge in [0.1, 0.15) is 5.75 Å². The Balaban J connectivity index is 2.22. The van der Waals surface area contributed by atoms with Gasteiger partial charge >= 0.3 is 5.97 Å². The van der Waals surface area contributed by atoms with Gasteiger partial charge in [-0.05, 0) is 12.1 Å². The van der Waals surface area contributed by atoms with Crippen molar-refractivity contribution in [2.24, 2.45) is 0 Å². The minimum absolute atomic E-state index is 0.0839. The van der Waals surface area contributed by atoms with Gasteiger partial charge in [-0.25, -0.2) is 4.79 Å². The van der Waals surface area contributed by atoms with Crippen LogP contribution < -0.4 is 9.64 Å². The van der Waals surface area contributed by atoms with Gasteiger partial charge in [-0.15, -0.1) is 0 Å². The monoisotopic (exact) mass is 312 g/mol.